The number of aryl methyl sites for hydroxylation is 1. The maximum atomic E-state index is 13.8. The van der Waals surface area contributed by atoms with Crippen LogP contribution in [0.25, 0.3) is 10.4 Å². The van der Waals surface area contributed by atoms with Crippen molar-refractivity contribution in [3.05, 3.63) is 69.3 Å². The molecule has 1 saturated carbocycles. The first-order valence-corrected chi connectivity index (χ1v) is 13.6. The number of fused-ring (bicyclic) bond motifs is 2. The van der Waals surface area contributed by atoms with E-state index in [1.54, 1.807) is 0 Å². The monoisotopic (exact) mass is 521 g/mol. The maximum absolute atomic E-state index is 13.8. The van der Waals surface area contributed by atoms with Gasteiger partial charge in [0.25, 0.3) is 11.8 Å². The Morgan fingerprint density at radius 2 is 2.03 bits per heavy atom. The fourth-order valence-electron chi connectivity index (χ4n) is 5.66. The van der Waals surface area contributed by atoms with Crippen molar-refractivity contribution >= 4 is 34.8 Å². The van der Waals surface area contributed by atoms with E-state index in [2.05, 4.69) is 17.2 Å². The number of hydrogen-bond donors (Lipinski definition) is 1. The molecular weight excluding hydrogens is 494 g/mol. The normalized spacial score (nSPS) is 25.8. The summed E-state index contributed by atoms with van der Waals surface area (Å²) in [6.07, 6.45) is 1.14. The maximum Gasteiger partial charge on any atom is 0.274 e. The Morgan fingerprint density at radius 1 is 1.22 bits per heavy atom. The molecule has 36 heavy (non-hydrogen) atoms. The van der Waals surface area contributed by atoms with Crippen LogP contribution in [0.3, 0.4) is 0 Å². The molecule has 0 spiro atoms. The molecule has 1 aromatic heterocycles. The highest BCUT2D eigenvalue weighted by Gasteiger charge is 2.54. The predicted octanol–water partition coefficient (Wildman–Crippen LogP) is 5.55. The summed E-state index contributed by atoms with van der Waals surface area (Å²) in [4.78, 5) is 34.3. The second-order valence-electron chi connectivity index (χ2n) is 10.2. The zero-order valence-corrected chi connectivity index (χ0v) is 22.0. The number of benzene rings is 2. The third kappa shape index (κ3) is 3.98. The summed E-state index contributed by atoms with van der Waals surface area (Å²) >= 11 is 7.72. The standard InChI is InChI=1S/C28H28ClN3O3S/c1-14-15(2)35-25-20(14)8-5-9-21(25)27(33)30-12-23-22-11-18(22)13-32(23)28(34)24-26(36-16(3)31-24)17-6-4-7-19(29)10-17/h4-10,14-15,18,22-23H,11-13H2,1-3H3,(H,30,33)/t14?,15?,18-,22-,23+/m0/s1. The molecule has 3 aromatic rings. The molecule has 2 unspecified atom stereocenters. The van der Waals surface area contributed by atoms with E-state index in [9.17, 15) is 9.59 Å². The minimum absolute atomic E-state index is 0.0411. The SMILES string of the molecule is Cc1nc(C(=O)N2C[C@@H]3C[C@@H]3[C@H]2CNC(=O)c2cccc3c2OC(C)C3C)c(-c2cccc(Cl)c2)s1. The summed E-state index contributed by atoms with van der Waals surface area (Å²) in [6, 6.07) is 13.2. The highest BCUT2D eigenvalue weighted by molar-refractivity contribution is 7.15. The number of nitrogens with zero attached hydrogens (tertiary/aromatic N) is 2. The highest BCUT2D eigenvalue weighted by Crippen LogP contribution is 2.50. The zero-order chi connectivity index (χ0) is 25.1. The highest BCUT2D eigenvalue weighted by atomic mass is 35.5. The topological polar surface area (TPSA) is 71.5 Å². The molecule has 2 fully saturated rings. The number of para-hydroxylation sites is 1. The van der Waals surface area contributed by atoms with Crippen LogP contribution in [-0.2, 0) is 0 Å². The number of thiazole rings is 1. The van der Waals surface area contributed by atoms with Crippen LogP contribution >= 0.6 is 22.9 Å². The Kier molecular flexibility index (Phi) is 5.80. The van der Waals surface area contributed by atoms with Gasteiger partial charge in [-0.2, -0.15) is 0 Å². The summed E-state index contributed by atoms with van der Waals surface area (Å²) in [5.41, 5.74) is 2.99. The van der Waals surface area contributed by atoms with Gasteiger partial charge in [0.05, 0.1) is 21.5 Å². The van der Waals surface area contributed by atoms with Crippen LogP contribution in [0, 0.1) is 18.8 Å². The van der Waals surface area contributed by atoms with E-state index in [-0.39, 0.29) is 29.9 Å². The number of carbonyl (C=O) groups is 2. The Bertz CT molecular complexity index is 1370. The van der Waals surface area contributed by atoms with Crippen molar-refractivity contribution < 1.29 is 14.3 Å². The number of halogens is 1. The van der Waals surface area contributed by atoms with E-state index in [1.807, 2.05) is 61.2 Å². The Labute approximate surface area is 219 Å². The minimum Gasteiger partial charge on any atom is -0.489 e. The number of nitrogens with one attached hydrogen (secondary N) is 1. The molecule has 5 atom stereocenters. The second-order valence-corrected chi connectivity index (χ2v) is 11.8. The molecule has 3 aliphatic rings. The van der Waals surface area contributed by atoms with Gasteiger partial charge in [-0.05, 0) is 55.9 Å². The third-order valence-corrected chi connectivity index (χ3v) is 9.10. The van der Waals surface area contributed by atoms with Crippen molar-refractivity contribution in [2.75, 3.05) is 13.1 Å². The van der Waals surface area contributed by atoms with Gasteiger partial charge < -0.3 is 15.0 Å². The van der Waals surface area contributed by atoms with Crippen LogP contribution < -0.4 is 10.1 Å². The van der Waals surface area contributed by atoms with Crippen molar-refractivity contribution in [3.8, 4) is 16.2 Å². The number of rotatable bonds is 5. The van der Waals surface area contributed by atoms with Gasteiger partial charge in [0, 0.05) is 29.6 Å². The van der Waals surface area contributed by atoms with Gasteiger partial charge in [0.2, 0.25) is 0 Å². The lowest BCUT2D eigenvalue weighted by atomic mass is 9.97. The molecule has 1 N–H and O–H groups in total. The largest absolute Gasteiger partial charge is 0.489 e. The second kappa shape index (κ2) is 8.89. The summed E-state index contributed by atoms with van der Waals surface area (Å²) in [6.45, 7) is 7.17. The van der Waals surface area contributed by atoms with Crippen molar-refractivity contribution in [2.24, 2.45) is 11.8 Å². The Balaban J connectivity index is 1.21. The van der Waals surface area contributed by atoms with Crippen molar-refractivity contribution in [1.82, 2.24) is 15.2 Å². The van der Waals surface area contributed by atoms with Crippen LogP contribution in [0.15, 0.2) is 42.5 Å². The first-order valence-electron chi connectivity index (χ1n) is 12.4. The van der Waals surface area contributed by atoms with Gasteiger partial charge in [-0.1, -0.05) is 42.8 Å². The smallest absolute Gasteiger partial charge is 0.274 e. The Hall–Kier alpha value is -2.90. The summed E-state index contributed by atoms with van der Waals surface area (Å²) in [7, 11) is 0. The molecule has 1 saturated heterocycles. The average Bonchev–Trinajstić information content (AvgIpc) is 3.22. The molecule has 2 amide bonds. The zero-order valence-electron chi connectivity index (χ0n) is 20.5. The average molecular weight is 522 g/mol. The third-order valence-electron chi connectivity index (χ3n) is 7.85. The number of ether oxygens (including phenoxy) is 1. The lowest BCUT2D eigenvalue weighted by Crippen LogP contribution is -2.45. The number of likely N-dealkylation sites (tertiary alicyclic amines) is 1. The Morgan fingerprint density at radius 3 is 2.83 bits per heavy atom. The molecule has 186 valence electrons. The number of carbonyl (C=O) groups excluding carboxylic acids is 2. The van der Waals surface area contributed by atoms with Crippen LogP contribution in [-0.4, -0.2) is 46.9 Å². The van der Waals surface area contributed by atoms with E-state index in [1.165, 1.54) is 11.3 Å². The molecule has 0 bridgehead atoms. The van der Waals surface area contributed by atoms with Gasteiger partial charge in [-0.15, -0.1) is 11.3 Å². The minimum atomic E-state index is -0.159. The van der Waals surface area contributed by atoms with Crippen molar-refractivity contribution in [1.29, 1.82) is 0 Å². The molecular formula is C28H28ClN3O3S. The lowest BCUT2D eigenvalue weighted by Gasteiger charge is -2.27. The number of aromatic nitrogens is 1. The molecule has 6 rings (SSSR count). The van der Waals surface area contributed by atoms with Crippen LogP contribution in [0.1, 0.15) is 57.6 Å². The summed E-state index contributed by atoms with van der Waals surface area (Å²) in [5.74, 6) is 1.61. The first-order chi connectivity index (χ1) is 17.3. The van der Waals surface area contributed by atoms with E-state index in [0.29, 0.717) is 47.0 Å². The lowest BCUT2D eigenvalue weighted by molar-refractivity contribution is 0.0690. The molecule has 0 radical (unpaired) electrons. The van der Waals surface area contributed by atoms with Gasteiger partial charge >= 0.3 is 0 Å². The van der Waals surface area contributed by atoms with Crippen LogP contribution in [0.2, 0.25) is 5.02 Å². The van der Waals surface area contributed by atoms with Crippen LogP contribution in [0.4, 0.5) is 0 Å². The van der Waals surface area contributed by atoms with E-state index in [0.717, 1.165) is 27.4 Å². The molecule has 3 heterocycles. The fraction of sp³-hybridized carbons (Fsp3) is 0.393. The number of piperidine rings is 1. The molecule has 2 aromatic carbocycles. The molecule has 8 heteroatoms. The van der Waals surface area contributed by atoms with Gasteiger partial charge in [0.1, 0.15) is 17.5 Å². The first kappa shape index (κ1) is 23.5. The van der Waals surface area contributed by atoms with Gasteiger partial charge in [-0.3, -0.25) is 9.59 Å². The predicted molar refractivity (Wildman–Crippen MR) is 141 cm³/mol. The number of hydrogen-bond acceptors (Lipinski definition) is 5. The summed E-state index contributed by atoms with van der Waals surface area (Å²) in [5, 5.41) is 4.57. The van der Waals surface area contributed by atoms with E-state index >= 15 is 0 Å². The summed E-state index contributed by atoms with van der Waals surface area (Å²) < 4.78 is 6.01. The number of amides is 2. The fourth-order valence-corrected chi connectivity index (χ4v) is 6.75. The van der Waals surface area contributed by atoms with Crippen molar-refractivity contribution in [3.63, 3.8) is 0 Å². The molecule has 2 aliphatic heterocycles. The van der Waals surface area contributed by atoms with E-state index < -0.39 is 0 Å². The molecule has 1 aliphatic carbocycles. The van der Waals surface area contributed by atoms with Crippen molar-refractivity contribution in [2.45, 2.75) is 45.3 Å². The van der Waals surface area contributed by atoms with Gasteiger partial charge in [0.15, 0.2) is 0 Å². The van der Waals surface area contributed by atoms with Gasteiger partial charge in [-0.25, -0.2) is 4.98 Å². The molecule has 6 nitrogen and oxygen atoms in total. The quantitative estimate of drug-likeness (QED) is 0.478. The van der Waals surface area contributed by atoms with E-state index in [4.69, 9.17) is 16.3 Å². The van der Waals surface area contributed by atoms with Crippen LogP contribution in [0.5, 0.6) is 5.75 Å².